The van der Waals surface area contributed by atoms with Crippen LogP contribution in [0, 0.1) is 5.82 Å². The molecule has 0 spiro atoms. The van der Waals surface area contributed by atoms with Gasteiger partial charge >= 0.3 is 0 Å². The summed E-state index contributed by atoms with van der Waals surface area (Å²) in [6.45, 7) is 0. The van der Waals surface area contributed by atoms with Gasteiger partial charge in [0.1, 0.15) is 11.6 Å². The van der Waals surface area contributed by atoms with Gasteiger partial charge in [0.05, 0.1) is 10.6 Å². The standard InChI is InChI=1S/C12H8ClFN2O/c13-8-5-10(12(15)16-6-8)11(17)7-2-1-3-9(14)4-7/h1-6H,(H2,15,16). The summed E-state index contributed by atoms with van der Waals surface area (Å²) < 4.78 is 13.0. The minimum absolute atomic E-state index is 0.0728. The fourth-order valence-corrected chi connectivity index (χ4v) is 1.57. The molecule has 0 saturated carbocycles. The zero-order valence-corrected chi connectivity index (χ0v) is 9.41. The van der Waals surface area contributed by atoms with Gasteiger partial charge in [0.2, 0.25) is 0 Å². The molecular formula is C12H8ClFN2O. The van der Waals surface area contributed by atoms with Gasteiger partial charge in [0.25, 0.3) is 0 Å². The van der Waals surface area contributed by atoms with E-state index >= 15 is 0 Å². The Bertz CT molecular complexity index is 586. The summed E-state index contributed by atoms with van der Waals surface area (Å²) in [5, 5.41) is 0.305. The van der Waals surface area contributed by atoms with Crippen molar-refractivity contribution in [2.45, 2.75) is 0 Å². The largest absolute Gasteiger partial charge is 0.383 e. The summed E-state index contributed by atoms with van der Waals surface area (Å²) in [4.78, 5) is 15.8. The van der Waals surface area contributed by atoms with Crippen LogP contribution >= 0.6 is 11.6 Å². The van der Waals surface area contributed by atoms with Gasteiger partial charge in [-0.3, -0.25) is 4.79 Å². The lowest BCUT2D eigenvalue weighted by atomic mass is 10.0. The van der Waals surface area contributed by atoms with Gasteiger partial charge in [-0.05, 0) is 18.2 Å². The number of ketones is 1. The zero-order valence-electron chi connectivity index (χ0n) is 8.65. The average Bonchev–Trinajstić information content (AvgIpc) is 2.31. The Labute approximate surface area is 102 Å². The van der Waals surface area contributed by atoms with Crippen LogP contribution in [-0.2, 0) is 0 Å². The molecule has 0 unspecified atom stereocenters. The number of nitrogens with two attached hydrogens (primary N) is 1. The van der Waals surface area contributed by atoms with Crippen LogP contribution in [0.25, 0.3) is 0 Å². The molecule has 1 aromatic carbocycles. The highest BCUT2D eigenvalue weighted by Gasteiger charge is 2.14. The highest BCUT2D eigenvalue weighted by Crippen LogP contribution is 2.19. The van der Waals surface area contributed by atoms with Crippen molar-refractivity contribution >= 4 is 23.2 Å². The van der Waals surface area contributed by atoms with Gasteiger partial charge in [0.15, 0.2) is 5.78 Å². The molecule has 1 heterocycles. The Morgan fingerprint density at radius 2 is 2.12 bits per heavy atom. The molecule has 3 nitrogen and oxygen atoms in total. The second kappa shape index (κ2) is 4.51. The SMILES string of the molecule is Nc1ncc(Cl)cc1C(=O)c1cccc(F)c1. The molecular weight excluding hydrogens is 243 g/mol. The van der Waals surface area contributed by atoms with E-state index in [0.29, 0.717) is 5.02 Å². The molecule has 0 aliphatic heterocycles. The average molecular weight is 251 g/mol. The first kappa shape index (κ1) is 11.5. The Morgan fingerprint density at radius 3 is 2.82 bits per heavy atom. The van der Waals surface area contributed by atoms with Gasteiger partial charge < -0.3 is 5.73 Å². The number of nitrogen functional groups attached to an aromatic ring is 1. The normalized spacial score (nSPS) is 10.2. The Hall–Kier alpha value is -1.94. The van der Waals surface area contributed by atoms with E-state index in [4.69, 9.17) is 17.3 Å². The molecule has 0 saturated heterocycles. The van der Waals surface area contributed by atoms with Crippen molar-refractivity contribution in [3.05, 3.63) is 58.5 Å². The van der Waals surface area contributed by atoms with Gasteiger partial charge in [-0.2, -0.15) is 0 Å². The molecule has 0 radical (unpaired) electrons. The van der Waals surface area contributed by atoms with Gasteiger partial charge in [-0.15, -0.1) is 0 Å². The zero-order chi connectivity index (χ0) is 12.4. The molecule has 2 N–H and O–H groups in total. The second-order valence-corrected chi connectivity index (χ2v) is 3.86. The predicted molar refractivity (Wildman–Crippen MR) is 63.5 cm³/mol. The highest BCUT2D eigenvalue weighted by molar-refractivity contribution is 6.31. The van der Waals surface area contributed by atoms with E-state index in [1.54, 1.807) is 0 Å². The first-order valence-electron chi connectivity index (χ1n) is 4.79. The molecule has 2 rings (SSSR count). The molecule has 0 fully saturated rings. The van der Waals surface area contributed by atoms with E-state index in [9.17, 15) is 9.18 Å². The van der Waals surface area contributed by atoms with Crippen molar-refractivity contribution in [3.8, 4) is 0 Å². The maximum absolute atomic E-state index is 13.0. The summed E-state index contributed by atoms with van der Waals surface area (Å²) >= 11 is 5.74. The molecule has 0 amide bonds. The van der Waals surface area contributed by atoms with Crippen molar-refractivity contribution in [2.24, 2.45) is 0 Å². The number of nitrogens with zero attached hydrogens (tertiary/aromatic N) is 1. The summed E-state index contributed by atoms with van der Waals surface area (Å²) in [6, 6.07) is 6.78. The smallest absolute Gasteiger partial charge is 0.196 e. The molecule has 5 heteroatoms. The first-order valence-corrected chi connectivity index (χ1v) is 5.17. The molecule has 0 atom stereocenters. The first-order chi connectivity index (χ1) is 8.08. The van der Waals surface area contributed by atoms with Gasteiger partial charge in [0, 0.05) is 11.8 Å². The minimum Gasteiger partial charge on any atom is -0.383 e. The third-order valence-corrected chi connectivity index (χ3v) is 2.42. The Kier molecular flexibility index (Phi) is 3.06. The number of hydrogen-bond acceptors (Lipinski definition) is 3. The lowest BCUT2D eigenvalue weighted by molar-refractivity contribution is 0.103. The Balaban J connectivity index is 2.47. The van der Waals surface area contributed by atoms with Crippen LogP contribution in [0.4, 0.5) is 10.2 Å². The highest BCUT2D eigenvalue weighted by atomic mass is 35.5. The van der Waals surface area contributed by atoms with Crippen LogP contribution in [0.1, 0.15) is 15.9 Å². The van der Waals surface area contributed by atoms with E-state index in [2.05, 4.69) is 4.98 Å². The number of halogens is 2. The van der Waals surface area contributed by atoms with E-state index in [-0.39, 0.29) is 16.9 Å². The van der Waals surface area contributed by atoms with Crippen LogP contribution < -0.4 is 5.73 Å². The number of anilines is 1. The molecule has 86 valence electrons. The lowest BCUT2D eigenvalue weighted by Crippen LogP contribution is -2.07. The van der Waals surface area contributed by atoms with Crippen LogP contribution in [-0.4, -0.2) is 10.8 Å². The quantitative estimate of drug-likeness (QED) is 0.834. The number of aromatic nitrogens is 1. The second-order valence-electron chi connectivity index (χ2n) is 3.43. The number of carbonyl (C=O) groups is 1. The van der Waals surface area contributed by atoms with E-state index in [0.717, 1.165) is 6.07 Å². The van der Waals surface area contributed by atoms with E-state index < -0.39 is 11.6 Å². The van der Waals surface area contributed by atoms with Crippen LogP contribution in [0.15, 0.2) is 36.5 Å². The third-order valence-electron chi connectivity index (χ3n) is 2.22. The van der Waals surface area contributed by atoms with Crippen molar-refractivity contribution in [2.75, 3.05) is 5.73 Å². The van der Waals surface area contributed by atoms with Crippen molar-refractivity contribution in [1.29, 1.82) is 0 Å². The molecule has 0 bridgehead atoms. The molecule has 0 aliphatic rings. The van der Waals surface area contributed by atoms with Crippen LogP contribution in [0.2, 0.25) is 5.02 Å². The number of pyridine rings is 1. The maximum atomic E-state index is 13.0. The molecule has 17 heavy (non-hydrogen) atoms. The molecule has 1 aromatic heterocycles. The maximum Gasteiger partial charge on any atom is 0.196 e. The Morgan fingerprint density at radius 1 is 1.35 bits per heavy atom. The topological polar surface area (TPSA) is 56.0 Å². The van der Waals surface area contributed by atoms with Gasteiger partial charge in [-0.1, -0.05) is 23.7 Å². The molecule has 0 aliphatic carbocycles. The lowest BCUT2D eigenvalue weighted by Gasteiger charge is -2.04. The third kappa shape index (κ3) is 2.42. The summed E-state index contributed by atoms with van der Waals surface area (Å²) in [5.74, 6) is -0.815. The summed E-state index contributed by atoms with van der Waals surface area (Å²) in [7, 11) is 0. The van der Waals surface area contributed by atoms with Gasteiger partial charge in [-0.25, -0.2) is 9.37 Å². The number of benzene rings is 1. The fourth-order valence-electron chi connectivity index (χ4n) is 1.42. The number of hydrogen-bond donors (Lipinski definition) is 1. The number of rotatable bonds is 2. The number of carbonyl (C=O) groups excluding carboxylic acids is 1. The van der Waals surface area contributed by atoms with E-state index in [1.807, 2.05) is 0 Å². The minimum atomic E-state index is -0.482. The summed E-state index contributed by atoms with van der Waals surface area (Å²) in [6.07, 6.45) is 1.35. The van der Waals surface area contributed by atoms with Crippen molar-refractivity contribution in [1.82, 2.24) is 4.98 Å². The van der Waals surface area contributed by atoms with Crippen molar-refractivity contribution < 1.29 is 9.18 Å². The van der Waals surface area contributed by atoms with Crippen LogP contribution in [0.5, 0.6) is 0 Å². The summed E-state index contributed by atoms with van der Waals surface area (Å²) in [5.41, 5.74) is 5.96. The monoisotopic (exact) mass is 250 g/mol. The van der Waals surface area contributed by atoms with Crippen LogP contribution in [0.3, 0.4) is 0 Å². The fraction of sp³-hybridized carbons (Fsp3) is 0. The molecule has 2 aromatic rings. The van der Waals surface area contributed by atoms with Crippen molar-refractivity contribution in [3.63, 3.8) is 0 Å². The van der Waals surface area contributed by atoms with E-state index in [1.165, 1.54) is 30.5 Å². The predicted octanol–water partition coefficient (Wildman–Crippen LogP) is 2.69.